The number of nitrogens with one attached hydrogen (secondary N) is 1. The molecular formula is C17H22N4O3. The number of nitrogens with zero attached hydrogens (tertiary/aromatic N) is 3. The Morgan fingerprint density at radius 1 is 1.42 bits per heavy atom. The largest absolute Gasteiger partial charge is 0.497 e. The minimum atomic E-state index is 0.112. The topological polar surface area (TPSA) is 80.5 Å². The van der Waals surface area contributed by atoms with Crippen LogP contribution in [0.15, 0.2) is 28.8 Å². The molecule has 0 radical (unpaired) electrons. The fraction of sp³-hybridized carbons (Fsp3) is 0.471. The Labute approximate surface area is 141 Å². The lowest BCUT2D eigenvalue weighted by atomic mass is 9.96. The van der Waals surface area contributed by atoms with Gasteiger partial charge < -0.3 is 14.6 Å². The Balaban J connectivity index is 1.60. The molecule has 1 saturated heterocycles. The SMILES string of the molecule is CNC(=O)C1CCN(Cc2nc(-c3cccc(OC)c3)no2)CC1. The number of amides is 1. The smallest absolute Gasteiger partial charge is 0.241 e. The highest BCUT2D eigenvalue weighted by molar-refractivity contribution is 5.78. The van der Waals surface area contributed by atoms with E-state index in [2.05, 4.69) is 20.4 Å². The maximum absolute atomic E-state index is 11.7. The molecule has 7 heteroatoms. The lowest BCUT2D eigenvalue weighted by molar-refractivity contribution is -0.125. The summed E-state index contributed by atoms with van der Waals surface area (Å²) in [4.78, 5) is 18.4. The molecule has 2 aromatic rings. The number of benzene rings is 1. The van der Waals surface area contributed by atoms with Crippen LogP contribution in [0.5, 0.6) is 5.75 Å². The van der Waals surface area contributed by atoms with Gasteiger partial charge in [-0.1, -0.05) is 17.3 Å². The second-order valence-corrected chi connectivity index (χ2v) is 5.91. The molecule has 0 atom stereocenters. The fourth-order valence-electron chi connectivity index (χ4n) is 2.95. The van der Waals surface area contributed by atoms with Gasteiger partial charge in [-0.25, -0.2) is 0 Å². The normalized spacial score (nSPS) is 16.1. The second-order valence-electron chi connectivity index (χ2n) is 5.91. The van der Waals surface area contributed by atoms with E-state index in [1.54, 1.807) is 14.2 Å². The summed E-state index contributed by atoms with van der Waals surface area (Å²) in [5, 5.41) is 6.77. The van der Waals surface area contributed by atoms with Gasteiger partial charge in [-0.2, -0.15) is 4.98 Å². The van der Waals surface area contributed by atoms with Crippen LogP contribution in [0, 0.1) is 5.92 Å². The monoisotopic (exact) mass is 330 g/mol. The Morgan fingerprint density at radius 2 is 2.21 bits per heavy atom. The summed E-state index contributed by atoms with van der Waals surface area (Å²) in [5.74, 6) is 2.15. The highest BCUT2D eigenvalue weighted by Gasteiger charge is 2.25. The molecule has 2 heterocycles. The highest BCUT2D eigenvalue weighted by atomic mass is 16.5. The zero-order chi connectivity index (χ0) is 16.9. The van der Waals surface area contributed by atoms with Crippen LogP contribution < -0.4 is 10.1 Å². The first-order valence-corrected chi connectivity index (χ1v) is 8.10. The van der Waals surface area contributed by atoms with Crippen molar-refractivity contribution in [2.75, 3.05) is 27.2 Å². The van der Waals surface area contributed by atoms with E-state index in [0.29, 0.717) is 18.3 Å². The zero-order valence-electron chi connectivity index (χ0n) is 14.0. The number of carbonyl (C=O) groups is 1. The van der Waals surface area contributed by atoms with Crippen molar-refractivity contribution in [2.24, 2.45) is 5.92 Å². The number of hydrogen-bond acceptors (Lipinski definition) is 6. The van der Waals surface area contributed by atoms with Gasteiger partial charge in [0, 0.05) is 18.5 Å². The van der Waals surface area contributed by atoms with Crippen molar-refractivity contribution in [3.8, 4) is 17.1 Å². The van der Waals surface area contributed by atoms with E-state index in [1.165, 1.54) is 0 Å². The number of aromatic nitrogens is 2. The van der Waals surface area contributed by atoms with Gasteiger partial charge in [0.05, 0.1) is 13.7 Å². The van der Waals surface area contributed by atoms with Gasteiger partial charge in [0.1, 0.15) is 5.75 Å². The van der Waals surface area contributed by atoms with Crippen molar-refractivity contribution in [1.82, 2.24) is 20.4 Å². The summed E-state index contributed by atoms with van der Waals surface area (Å²) in [7, 11) is 3.32. The first-order valence-electron chi connectivity index (χ1n) is 8.10. The molecule has 1 amide bonds. The predicted octanol–water partition coefficient (Wildman–Crippen LogP) is 1.70. The molecule has 0 aliphatic carbocycles. The molecule has 3 rings (SSSR count). The second kappa shape index (κ2) is 7.44. The Hall–Kier alpha value is -2.41. The summed E-state index contributed by atoms with van der Waals surface area (Å²) < 4.78 is 10.6. The van der Waals surface area contributed by atoms with Gasteiger partial charge in [-0.05, 0) is 38.1 Å². The van der Waals surface area contributed by atoms with Crippen LogP contribution in [0.25, 0.3) is 11.4 Å². The Bertz CT molecular complexity index is 693. The van der Waals surface area contributed by atoms with E-state index in [1.807, 2.05) is 24.3 Å². The summed E-state index contributed by atoms with van der Waals surface area (Å²) in [6.45, 7) is 2.32. The van der Waals surface area contributed by atoms with Crippen LogP contribution in [-0.4, -0.2) is 48.2 Å². The lowest BCUT2D eigenvalue weighted by Gasteiger charge is -2.29. The number of likely N-dealkylation sites (tertiary alicyclic amines) is 1. The van der Waals surface area contributed by atoms with Crippen molar-refractivity contribution in [3.63, 3.8) is 0 Å². The van der Waals surface area contributed by atoms with Crippen LogP contribution in [0.4, 0.5) is 0 Å². The van der Waals surface area contributed by atoms with Crippen molar-refractivity contribution < 1.29 is 14.1 Å². The van der Waals surface area contributed by atoms with E-state index in [-0.39, 0.29) is 11.8 Å². The van der Waals surface area contributed by atoms with Gasteiger partial charge >= 0.3 is 0 Å². The molecular weight excluding hydrogens is 308 g/mol. The number of piperidine rings is 1. The summed E-state index contributed by atoms with van der Waals surface area (Å²) >= 11 is 0. The van der Waals surface area contributed by atoms with Crippen LogP contribution in [-0.2, 0) is 11.3 Å². The number of methoxy groups -OCH3 is 1. The van der Waals surface area contributed by atoms with Crippen LogP contribution >= 0.6 is 0 Å². The number of hydrogen-bond donors (Lipinski definition) is 1. The van der Waals surface area contributed by atoms with Crippen LogP contribution in [0.2, 0.25) is 0 Å². The standard InChI is InChI=1S/C17H22N4O3/c1-18-17(22)12-6-8-21(9-7-12)11-15-19-16(20-24-15)13-4-3-5-14(10-13)23-2/h3-5,10,12H,6-9,11H2,1-2H3,(H,18,22). The molecule has 1 N–H and O–H groups in total. The minimum absolute atomic E-state index is 0.112. The van der Waals surface area contributed by atoms with Crippen LogP contribution in [0.3, 0.4) is 0 Å². The van der Waals surface area contributed by atoms with Gasteiger partial charge in [0.2, 0.25) is 17.6 Å². The zero-order valence-corrected chi connectivity index (χ0v) is 14.0. The summed E-state index contributed by atoms with van der Waals surface area (Å²) in [5.41, 5.74) is 0.864. The third kappa shape index (κ3) is 3.73. The Kier molecular flexibility index (Phi) is 5.10. The van der Waals surface area contributed by atoms with E-state index in [9.17, 15) is 4.79 Å². The third-order valence-electron chi connectivity index (χ3n) is 4.36. The molecule has 1 aliphatic heterocycles. The molecule has 0 spiro atoms. The number of carbonyl (C=O) groups excluding carboxylic acids is 1. The first-order chi connectivity index (χ1) is 11.7. The quantitative estimate of drug-likeness (QED) is 0.899. The first kappa shape index (κ1) is 16.4. The van der Waals surface area contributed by atoms with E-state index < -0.39 is 0 Å². The average molecular weight is 330 g/mol. The summed E-state index contributed by atoms with van der Waals surface area (Å²) in [6, 6.07) is 7.57. The van der Waals surface area contributed by atoms with Gasteiger partial charge in [-0.15, -0.1) is 0 Å². The predicted molar refractivity (Wildman–Crippen MR) is 88.4 cm³/mol. The van der Waals surface area contributed by atoms with Crippen LogP contribution in [0.1, 0.15) is 18.7 Å². The van der Waals surface area contributed by atoms with Crippen molar-refractivity contribution in [3.05, 3.63) is 30.2 Å². The lowest BCUT2D eigenvalue weighted by Crippen LogP contribution is -2.39. The molecule has 1 aliphatic rings. The third-order valence-corrected chi connectivity index (χ3v) is 4.36. The Morgan fingerprint density at radius 3 is 2.92 bits per heavy atom. The van der Waals surface area contributed by atoms with E-state index in [0.717, 1.165) is 37.2 Å². The molecule has 7 nitrogen and oxygen atoms in total. The van der Waals surface area contributed by atoms with Crippen molar-refractivity contribution >= 4 is 5.91 Å². The maximum Gasteiger partial charge on any atom is 0.241 e. The molecule has 0 saturated carbocycles. The molecule has 0 unspecified atom stereocenters. The average Bonchev–Trinajstić information content (AvgIpc) is 3.10. The maximum atomic E-state index is 11.7. The minimum Gasteiger partial charge on any atom is -0.497 e. The molecule has 24 heavy (non-hydrogen) atoms. The van der Waals surface area contributed by atoms with Crippen molar-refractivity contribution in [1.29, 1.82) is 0 Å². The highest BCUT2D eigenvalue weighted by Crippen LogP contribution is 2.23. The molecule has 1 aromatic heterocycles. The summed E-state index contributed by atoms with van der Waals surface area (Å²) in [6.07, 6.45) is 1.72. The number of rotatable bonds is 5. The molecule has 128 valence electrons. The number of ether oxygens (including phenoxy) is 1. The fourth-order valence-corrected chi connectivity index (χ4v) is 2.95. The van der Waals surface area contributed by atoms with E-state index in [4.69, 9.17) is 9.26 Å². The molecule has 1 aromatic carbocycles. The van der Waals surface area contributed by atoms with Gasteiger partial charge in [-0.3, -0.25) is 9.69 Å². The molecule has 0 bridgehead atoms. The van der Waals surface area contributed by atoms with Gasteiger partial charge in [0.15, 0.2) is 0 Å². The van der Waals surface area contributed by atoms with Gasteiger partial charge in [0.25, 0.3) is 0 Å². The molecule has 1 fully saturated rings. The van der Waals surface area contributed by atoms with Crippen molar-refractivity contribution in [2.45, 2.75) is 19.4 Å². The van der Waals surface area contributed by atoms with E-state index >= 15 is 0 Å².